The van der Waals surface area contributed by atoms with Crippen molar-refractivity contribution in [3.8, 4) is 0 Å². The molecule has 2 aromatic rings. The van der Waals surface area contributed by atoms with Gasteiger partial charge in [-0.2, -0.15) is 0 Å². The summed E-state index contributed by atoms with van der Waals surface area (Å²) in [6, 6.07) is 12.0. The van der Waals surface area contributed by atoms with Crippen LogP contribution in [0.3, 0.4) is 0 Å². The third-order valence-corrected chi connectivity index (χ3v) is 4.20. The number of hydrogen-bond acceptors (Lipinski definition) is 3. The fourth-order valence-electron chi connectivity index (χ4n) is 2.11. The molecule has 1 amide bonds. The van der Waals surface area contributed by atoms with Crippen molar-refractivity contribution in [3.63, 3.8) is 0 Å². The lowest BCUT2D eigenvalue weighted by Gasteiger charge is -2.19. The van der Waals surface area contributed by atoms with E-state index in [0.29, 0.717) is 11.3 Å². The number of carbonyl (C=O) groups is 1. The lowest BCUT2D eigenvalue weighted by atomic mass is 9.87. The van der Waals surface area contributed by atoms with Crippen molar-refractivity contribution in [2.45, 2.75) is 26.2 Å². The minimum absolute atomic E-state index is 0.0360. The quantitative estimate of drug-likeness (QED) is 0.720. The minimum atomic E-state index is -2.85. The number of thiol groups is 1. The molecule has 0 aliphatic rings. The van der Waals surface area contributed by atoms with Crippen LogP contribution < -0.4 is 10.0 Å². The van der Waals surface area contributed by atoms with Gasteiger partial charge in [0.05, 0.1) is 10.7 Å². The Balaban J connectivity index is 2.18. The number of hydrogen-bond donors (Lipinski definition) is 3. The number of nitrogens with one attached hydrogen (secondary N) is 2. The van der Waals surface area contributed by atoms with Gasteiger partial charge in [0, 0.05) is 11.3 Å². The Morgan fingerprint density at radius 3 is 2.21 bits per heavy atom. The van der Waals surface area contributed by atoms with E-state index in [9.17, 15) is 13.2 Å². The van der Waals surface area contributed by atoms with Crippen LogP contribution in [0.4, 0.5) is 11.4 Å². The Kier molecular flexibility index (Phi) is 5.51. The Morgan fingerprint density at radius 2 is 1.67 bits per heavy atom. The van der Waals surface area contributed by atoms with Crippen molar-refractivity contribution in [1.29, 1.82) is 0 Å². The summed E-state index contributed by atoms with van der Waals surface area (Å²) in [7, 11) is -2.85. The van der Waals surface area contributed by atoms with Gasteiger partial charge in [-0.1, -0.05) is 44.5 Å². The first kappa shape index (κ1) is 18.3. The summed E-state index contributed by atoms with van der Waals surface area (Å²) in [5, 5.41) is 3.00. The maximum absolute atomic E-state index is 12.3. The van der Waals surface area contributed by atoms with Gasteiger partial charge in [0.15, 0.2) is 0 Å². The van der Waals surface area contributed by atoms with Crippen LogP contribution in [0, 0.1) is 0 Å². The number of benzene rings is 2. The molecule has 0 aliphatic carbocycles. The molecule has 2 aromatic carbocycles. The van der Waals surface area contributed by atoms with E-state index in [2.05, 4.69) is 30.8 Å². The summed E-state index contributed by atoms with van der Waals surface area (Å²) in [6.45, 7) is 6.34. The van der Waals surface area contributed by atoms with Crippen LogP contribution in [0.2, 0.25) is 5.02 Å². The Hall–Kier alpha value is -2.05. The molecular formula is C17H19ClN2O3S. The minimum Gasteiger partial charge on any atom is -0.322 e. The van der Waals surface area contributed by atoms with E-state index < -0.39 is 10.9 Å². The summed E-state index contributed by atoms with van der Waals surface area (Å²) < 4.78 is 23.7. The van der Waals surface area contributed by atoms with Crippen molar-refractivity contribution in [2.24, 2.45) is 0 Å². The standard InChI is InChI=1S/C17H19ClN2O3S/c1-17(2,3)12-5-7-13(8-6-12)19-16(21)11-4-9-14(18)15(10-11)20-24(22)23/h4-10,24H,1-3H3,(H,19,21)(H,20,22,23). The zero-order valence-electron chi connectivity index (χ0n) is 13.6. The van der Waals surface area contributed by atoms with Crippen molar-refractivity contribution in [3.05, 3.63) is 58.6 Å². The molecule has 0 saturated heterocycles. The van der Waals surface area contributed by atoms with E-state index in [1.807, 2.05) is 24.3 Å². The first-order chi connectivity index (χ1) is 11.2. The number of amides is 1. The molecule has 0 spiro atoms. The highest BCUT2D eigenvalue weighted by Crippen LogP contribution is 2.25. The zero-order valence-corrected chi connectivity index (χ0v) is 15.2. The largest absolute Gasteiger partial charge is 0.322 e. The fraction of sp³-hybridized carbons (Fsp3) is 0.235. The van der Waals surface area contributed by atoms with E-state index in [4.69, 9.17) is 11.6 Å². The topological polar surface area (TPSA) is 75.3 Å². The van der Waals surface area contributed by atoms with Crippen LogP contribution in [0.15, 0.2) is 42.5 Å². The molecule has 2 rings (SSSR count). The highest BCUT2D eigenvalue weighted by molar-refractivity contribution is 7.73. The Labute approximate surface area is 148 Å². The van der Waals surface area contributed by atoms with Gasteiger partial charge in [0.25, 0.3) is 5.91 Å². The van der Waals surface area contributed by atoms with Crippen molar-refractivity contribution in [2.75, 3.05) is 10.0 Å². The van der Waals surface area contributed by atoms with Crippen LogP contribution in [0.5, 0.6) is 0 Å². The molecule has 0 atom stereocenters. The molecule has 0 fully saturated rings. The Bertz CT molecular complexity index is 817. The number of anilines is 2. The maximum Gasteiger partial charge on any atom is 0.255 e. The SMILES string of the molecule is CC(C)(C)c1ccc(NC(=O)c2ccc(Cl)c(N[SH](=O)=O)c2)cc1. The molecule has 0 aromatic heterocycles. The molecule has 0 heterocycles. The summed E-state index contributed by atoms with van der Waals surface area (Å²) in [6.07, 6.45) is 0. The summed E-state index contributed by atoms with van der Waals surface area (Å²) in [5.41, 5.74) is 2.33. The third kappa shape index (κ3) is 4.72. The number of carbonyl (C=O) groups excluding carboxylic acids is 1. The molecule has 2 N–H and O–H groups in total. The molecule has 0 unspecified atom stereocenters. The molecular weight excluding hydrogens is 348 g/mol. The van der Waals surface area contributed by atoms with E-state index in [1.165, 1.54) is 18.2 Å². The average molecular weight is 367 g/mol. The monoisotopic (exact) mass is 366 g/mol. The van der Waals surface area contributed by atoms with Crippen LogP contribution in [0.1, 0.15) is 36.7 Å². The molecule has 24 heavy (non-hydrogen) atoms. The average Bonchev–Trinajstić information content (AvgIpc) is 2.48. The van der Waals surface area contributed by atoms with Gasteiger partial charge in [0.1, 0.15) is 0 Å². The molecule has 0 saturated carbocycles. The van der Waals surface area contributed by atoms with Crippen LogP contribution in [0.25, 0.3) is 0 Å². The molecule has 0 aliphatic heterocycles. The van der Waals surface area contributed by atoms with Crippen molar-refractivity contribution < 1.29 is 13.2 Å². The van der Waals surface area contributed by atoms with Gasteiger partial charge in [-0.25, -0.2) is 8.42 Å². The van der Waals surface area contributed by atoms with Crippen LogP contribution in [-0.4, -0.2) is 14.3 Å². The Morgan fingerprint density at radius 1 is 1.04 bits per heavy atom. The van der Waals surface area contributed by atoms with Crippen LogP contribution in [-0.2, 0) is 16.3 Å². The second-order valence-electron chi connectivity index (χ2n) is 6.35. The summed E-state index contributed by atoms with van der Waals surface area (Å²) in [4.78, 5) is 12.3. The number of halogens is 1. The summed E-state index contributed by atoms with van der Waals surface area (Å²) >= 11 is 5.90. The normalized spacial score (nSPS) is 11.4. The lowest BCUT2D eigenvalue weighted by Crippen LogP contribution is -2.14. The zero-order chi connectivity index (χ0) is 17.9. The van der Waals surface area contributed by atoms with Gasteiger partial charge >= 0.3 is 0 Å². The van der Waals surface area contributed by atoms with Crippen molar-refractivity contribution in [1.82, 2.24) is 0 Å². The summed E-state index contributed by atoms with van der Waals surface area (Å²) in [5.74, 6) is -0.348. The smallest absolute Gasteiger partial charge is 0.255 e. The van der Waals surface area contributed by atoms with Gasteiger partial charge in [0.2, 0.25) is 10.9 Å². The predicted molar refractivity (Wildman–Crippen MR) is 98.5 cm³/mol. The van der Waals surface area contributed by atoms with Gasteiger partial charge in [-0.3, -0.25) is 9.52 Å². The van der Waals surface area contributed by atoms with E-state index in [1.54, 1.807) is 0 Å². The fourth-order valence-corrected chi connectivity index (χ4v) is 2.72. The molecule has 0 radical (unpaired) electrons. The third-order valence-electron chi connectivity index (χ3n) is 3.45. The molecule has 7 heteroatoms. The first-order valence-corrected chi connectivity index (χ1v) is 8.85. The van der Waals surface area contributed by atoms with E-state index in [0.717, 1.165) is 5.56 Å². The lowest BCUT2D eigenvalue weighted by molar-refractivity contribution is 0.102. The van der Waals surface area contributed by atoms with Gasteiger partial charge < -0.3 is 5.32 Å². The first-order valence-electron chi connectivity index (χ1n) is 7.29. The van der Waals surface area contributed by atoms with E-state index >= 15 is 0 Å². The van der Waals surface area contributed by atoms with Crippen LogP contribution >= 0.6 is 11.6 Å². The maximum atomic E-state index is 12.3. The number of rotatable bonds is 4. The molecule has 5 nitrogen and oxygen atoms in total. The molecule has 128 valence electrons. The second kappa shape index (κ2) is 7.23. The second-order valence-corrected chi connectivity index (χ2v) is 7.49. The molecule has 0 bridgehead atoms. The van der Waals surface area contributed by atoms with Gasteiger partial charge in [-0.05, 0) is 41.3 Å². The predicted octanol–water partition coefficient (Wildman–Crippen LogP) is 3.83. The highest BCUT2D eigenvalue weighted by atomic mass is 35.5. The highest BCUT2D eigenvalue weighted by Gasteiger charge is 2.14. The van der Waals surface area contributed by atoms with E-state index in [-0.39, 0.29) is 22.0 Å². The van der Waals surface area contributed by atoms with Crippen molar-refractivity contribution >= 4 is 39.8 Å². The van der Waals surface area contributed by atoms with Gasteiger partial charge in [-0.15, -0.1) is 0 Å².